The van der Waals surface area contributed by atoms with Crippen LogP contribution >= 0.6 is 0 Å². The van der Waals surface area contributed by atoms with Crippen LogP contribution in [0.15, 0.2) is 30.3 Å². The normalized spacial score (nSPS) is 18.8. The van der Waals surface area contributed by atoms with Crippen molar-refractivity contribution >= 4 is 5.97 Å². The Morgan fingerprint density at radius 2 is 1.85 bits per heavy atom. The van der Waals surface area contributed by atoms with Crippen molar-refractivity contribution in [1.82, 2.24) is 0 Å². The molecule has 1 aliphatic heterocycles. The molecule has 0 radical (unpaired) electrons. The molecule has 0 bridgehead atoms. The number of hydrogen-bond donors (Lipinski definition) is 1. The lowest BCUT2D eigenvalue weighted by Gasteiger charge is -2.37. The summed E-state index contributed by atoms with van der Waals surface area (Å²) in [5.41, 5.74) is 4.79. The van der Waals surface area contributed by atoms with Gasteiger partial charge >= 0.3 is 5.97 Å². The maximum atomic E-state index is 11.2. The van der Waals surface area contributed by atoms with Gasteiger partial charge in [-0.1, -0.05) is 30.3 Å². The zero-order chi connectivity index (χ0) is 18.9. The van der Waals surface area contributed by atoms with E-state index in [1.165, 1.54) is 0 Å². The van der Waals surface area contributed by atoms with Crippen LogP contribution in [0.1, 0.15) is 47.6 Å². The van der Waals surface area contributed by atoms with E-state index in [1.54, 1.807) is 0 Å². The molecule has 1 heterocycles. The van der Waals surface area contributed by atoms with Crippen LogP contribution in [0.3, 0.4) is 0 Å². The number of benzene rings is 2. The molecule has 26 heavy (non-hydrogen) atoms. The first-order valence-corrected chi connectivity index (χ1v) is 9.01. The average Bonchev–Trinajstić information content (AvgIpc) is 2.59. The Morgan fingerprint density at radius 3 is 2.50 bits per heavy atom. The lowest BCUT2D eigenvalue weighted by Crippen LogP contribution is -2.39. The van der Waals surface area contributed by atoms with Crippen LogP contribution in [0, 0.1) is 20.8 Å². The highest BCUT2D eigenvalue weighted by Gasteiger charge is 2.36. The van der Waals surface area contributed by atoms with Gasteiger partial charge in [-0.2, -0.15) is 0 Å². The highest BCUT2D eigenvalue weighted by molar-refractivity contribution is 5.68. The van der Waals surface area contributed by atoms with Gasteiger partial charge in [-0.05, 0) is 62.8 Å². The third-order valence-electron chi connectivity index (χ3n) is 5.31. The largest absolute Gasteiger partial charge is 0.488 e. The van der Waals surface area contributed by atoms with Crippen molar-refractivity contribution in [1.29, 1.82) is 0 Å². The number of carboxylic acid groups (broad SMARTS) is 1. The fourth-order valence-corrected chi connectivity index (χ4v) is 3.67. The average molecular weight is 354 g/mol. The molecule has 1 aliphatic rings. The fourth-order valence-electron chi connectivity index (χ4n) is 3.67. The molecule has 0 fully saturated rings. The first kappa shape index (κ1) is 18.3. The van der Waals surface area contributed by atoms with E-state index in [9.17, 15) is 9.90 Å². The SMILES string of the molecule is Cc1c(C)c2c(c(C)c1OCc1ccccc1)CC[C@@](C)(CC(=O)O)O2. The summed E-state index contributed by atoms with van der Waals surface area (Å²) >= 11 is 0. The molecule has 4 heteroatoms. The predicted molar refractivity (Wildman–Crippen MR) is 101 cm³/mol. The molecule has 0 unspecified atom stereocenters. The first-order chi connectivity index (χ1) is 12.3. The molecule has 2 aromatic rings. The van der Waals surface area contributed by atoms with Gasteiger partial charge in [0.1, 0.15) is 23.7 Å². The van der Waals surface area contributed by atoms with E-state index >= 15 is 0 Å². The summed E-state index contributed by atoms with van der Waals surface area (Å²) in [6.07, 6.45) is 1.50. The quantitative estimate of drug-likeness (QED) is 0.842. The number of fused-ring (bicyclic) bond motifs is 1. The Morgan fingerprint density at radius 1 is 1.15 bits per heavy atom. The monoisotopic (exact) mass is 354 g/mol. The molecule has 2 aromatic carbocycles. The molecule has 0 aromatic heterocycles. The lowest BCUT2D eigenvalue weighted by atomic mass is 9.85. The number of carbonyl (C=O) groups is 1. The summed E-state index contributed by atoms with van der Waals surface area (Å²) in [5, 5.41) is 9.18. The summed E-state index contributed by atoms with van der Waals surface area (Å²) in [4.78, 5) is 11.2. The summed E-state index contributed by atoms with van der Waals surface area (Å²) in [6, 6.07) is 10.1. The van der Waals surface area contributed by atoms with Gasteiger partial charge in [0.2, 0.25) is 0 Å². The molecule has 1 atom stereocenters. The zero-order valence-electron chi connectivity index (χ0n) is 15.9. The number of carboxylic acids is 1. The minimum atomic E-state index is -0.829. The van der Waals surface area contributed by atoms with Crippen LogP contribution in [-0.2, 0) is 17.8 Å². The van der Waals surface area contributed by atoms with Crippen LogP contribution in [0.25, 0.3) is 0 Å². The lowest BCUT2D eigenvalue weighted by molar-refractivity contribution is -0.141. The summed E-state index contributed by atoms with van der Waals surface area (Å²) < 4.78 is 12.4. The van der Waals surface area contributed by atoms with Crippen molar-refractivity contribution in [2.45, 2.75) is 59.2 Å². The second kappa shape index (κ2) is 7.02. The Kier molecular flexibility index (Phi) is 4.94. The standard InChI is InChI=1S/C22H26O4/c1-14-15(2)21-18(10-11-22(4,26-21)12-19(23)24)16(3)20(14)25-13-17-8-6-5-7-9-17/h5-9H,10-13H2,1-4H3,(H,23,24)/t22-/m0/s1. The Bertz CT molecular complexity index is 826. The van der Waals surface area contributed by atoms with Gasteiger partial charge in [-0.25, -0.2) is 0 Å². The smallest absolute Gasteiger partial charge is 0.307 e. The number of aliphatic carboxylic acids is 1. The van der Waals surface area contributed by atoms with E-state index in [4.69, 9.17) is 9.47 Å². The molecule has 0 aliphatic carbocycles. The second-order valence-electron chi connectivity index (χ2n) is 7.41. The zero-order valence-corrected chi connectivity index (χ0v) is 15.9. The third-order valence-corrected chi connectivity index (χ3v) is 5.31. The Hall–Kier alpha value is -2.49. The van der Waals surface area contributed by atoms with Crippen molar-refractivity contribution in [2.75, 3.05) is 0 Å². The van der Waals surface area contributed by atoms with E-state index in [0.29, 0.717) is 13.0 Å². The molecule has 0 saturated heterocycles. The molecule has 0 spiro atoms. The van der Waals surface area contributed by atoms with Gasteiger partial charge in [-0.3, -0.25) is 4.79 Å². The highest BCUT2D eigenvalue weighted by Crippen LogP contribution is 2.44. The van der Waals surface area contributed by atoms with Gasteiger partial charge in [0.15, 0.2) is 0 Å². The van der Waals surface area contributed by atoms with E-state index in [0.717, 1.165) is 45.7 Å². The molecule has 3 rings (SSSR count). The molecular formula is C22H26O4. The first-order valence-electron chi connectivity index (χ1n) is 9.01. The molecule has 0 saturated carbocycles. The minimum Gasteiger partial charge on any atom is -0.488 e. The summed E-state index contributed by atoms with van der Waals surface area (Å²) in [7, 11) is 0. The molecule has 138 valence electrons. The van der Waals surface area contributed by atoms with Crippen LogP contribution in [0.4, 0.5) is 0 Å². The van der Waals surface area contributed by atoms with Crippen molar-refractivity contribution < 1.29 is 19.4 Å². The van der Waals surface area contributed by atoms with E-state index in [-0.39, 0.29) is 6.42 Å². The van der Waals surface area contributed by atoms with E-state index in [2.05, 4.69) is 19.1 Å². The van der Waals surface area contributed by atoms with E-state index < -0.39 is 11.6 Å². The molecule has 0 amide bonds. The number of ether oxygens (including phenoxy) is 2. The van der Waals surface area contributed by atoms with Crippen molar-refractivity contribution in [2.24, 2.45) is 0 Å². The van der Waals surface area contributed by atoms with Crippen molar-refractivity contribution in [3.05, 3.63) is 58.1 Å². The van der Waals surface area contributed by atoms with E-state index in [1.807, 2.05) is 39.0 Å². The summed E-state index contributed by atoms with van der Waals surface area (Å²) in [5.74, 6) is 0.919. The van der Waals surface area contributed by atoms with Gasteiger partial charge in [0.05, 0.1) is 6.42 Å². The van der Waals surface area contributed by atoms with Gasteiger partial charge in [-0.15, -0.1) is 0 Å². The molecular weight excluding hydrogens is 328 g/mol. The maximum absolute atomic E-state index is 11.2. The van der Waals surface area contributed by atoms with Gasteiger partial charge in [0, 0.05) is 5.56 Å². The number of hydrogen-bond acceptors (Lipinski definition) is 3. The third kappa shape index (κ3) is 3.55. The predicted octanol–water partition coefficient (Wildman–Crippen LogP) is 4.75. The van der Waals surface area contributed by atoms with Crippen LogP contribution < -0.4 is 9.47 Å². The van der Waals surface area contributed by atoms with Crippen molar-refractivity contribution in [3.63, 3.8) is 0 Å². The van der Waals surface area contributed by atoms with Gasteiger partial charge < -0.3 is 14.6 Å². The topological polar surface area (TPSA) is 55.8 Å². The fraction of sp³-hybridized carbons (Fsp3) is 0.409. The number of rotatable bonds is 5. The Labute approximate surface area is 154 Å². The van der Waals surface area contributed by atoms with Crippen molar-refractivity contribution in [3.8, 4) is 11.5 Å². The van der Waals surface area contributed by atoms with Crippen LogP contribution in [0.5, 0.6) is 11.5 Å². The minimum absolute atomic E-state index is 0.0102. The van der Waals surface area contributed by atoms with Crippen LogP contribution in [0.2, 0.25) is 0 Å². The van der Waals surface area contributed by atoms with Crippen LogP contribution in [-0.4, -0.2) is 16.7 Å². The maximum Gasteiger partial charge on any atom is 0.307 e. The second-order valence-corrected chi connectivity index (χ2v) is 7.41. The summed E-state index contributed by atoms with van der Waals surface area (Å²) in [6.45, 7) is 8.53. The Balaban J connectivity index is 1.91. The van der Waals surface area contributed by atoms with Gasteiger partial charge in [0.25, 0.3) is 0 Å². The molecule has 4 nitrogen and oxygen atoms in total. The highest BCUT2D eigenvalue weighted by atomic mass is 16.5. The molecule has 1 N–H and O–H groups in total.